The maximum absolute atomic E-state index is 11.6. The lowest BCUT2D eigenvalue weighted by molar-refractivity contribution is -0.143. The van der Waals surface area contributed by atoms with Gasteiger partial charge in [-0.15, -0.1) is 0 Å². The number of hydrogen-bond acceptors (Lipinski definition) is 3. The molecule has 2 N–H and O–H groups in total. The molecular formula is C13H16BrClN2O2. The van der Waals surface area contributed by atoms with Gasteiger partial charge in [-0.25, -0.2) is 0 Å². The van der Waals surface area contributed by atoms with Gasteiger partial charge in [-0.1, -0.05) is 17.7 Å². The Morgan fingerprint density at radius 3 is 2.89 bits per heavy atom. The van der Waals surface area contributed by atoms with E-state index in [9.17, 15) is 9.90 Å². The predicted molar refractivity (Wildman–Crippen MR) is 78.6 cm³/mol. The minimum absolute atomic E-state index is 0.539. The first-order valence-corrected chi connectivity index (χ1v) is 7.39. The molecular weight excluding hydrogens is 332 g/mol. The first-order valence-electron chi connectivity index (χ1n) is 6.22. The summed E-state index contributed by atoms with van der Waals surface area (Å²) in [5, 5.41) is 13.3. The Morgan fingerprint density at radius 2 is 2.21 bits per heavy atom. The third-order valence-electron chi connectivity index (χ3n) is 3.23. The average Bonchev–Trinajstić information content (AvgIpc) is 2.62. The molecule has 1 aromatic carbocycles. The molecule has 4 nitrogen and oxygen atoms in total. The van der Waals surface area contributed by atoms with E-state index >= 15 is 0 Å². The van der Waals surface area contributed by atoms with Gasteiger partial charge < -0.3 is 10.4 Å². The first kappa shape index (κ1) is 14.8. The van der Waals surface area contributed by atoms with Crippen molar-refractivity contribution < 1.29 is 9.90 Å². The molecule has 1 fully saturated rings. The normalized spacial score (nSPS) is 18.8. The third kappa shape index (κ3) is 3.69. The average molecular weight is 348 g/mol. The summed E-state index contributed by atoms with van der Waals surface area (Å²) in [5.41, 5.74) is 0.725. The summed E-state index contributed by atoms with van der Waals surface area (Å²) in [4.78, 5) is 13.6. The number of nitrogens with zero attached hydrogens (tertiary/aromatic N) is 1. The van der Waals surface area contributed by atoms with Crippen molar-refractivity contribution in [3.05, 3.63) is 33.3 Å². The molecule has 19 heavy (non-hydrogen) atoms. The molecule has 1 aliphatic heterocycles. The highest BCUT2D eigenvalue weighted by Gasteiger charge is 2.28. The van der Waals surface area contributed by atoms with Gasteiger partial charge in [0, 0.05) is 24.1 Å². The van der Waals surface area contributed by atoms with E-state index < -0.39 is 12.0 Å². The summed E-state index contributed by atoms with van der Waals surface area (Å²) in [6, 6.07) is 4.70. The number of nitrogens with one attached hydrogen (secondary N) is 1. The summed E-state index contributed by atoms with van der Waals surface area (Å²) in [6.45, 7) is 3.25. The highest BCUT2D eigenvalue weighted by atomic mass is 79.9. The minimum atomic E-state index is -0.833. The van der Waals surface area contributed by atoms with Crippen molar-refractivity contribution in [2.45, 2.75) is 12.5 Å². The van der Waals surface area contributed by atoms with Gasteiger partial charge in [0.25, 0.3) is 0 Å². The molecule has 0 aliphatic carbocycles. The van der Waals surface area contributed by atoms with Gasteiger partial charge in [0.15, 0.2) is 0 Å². The largest absolute Gasteiger partial charge is 0.480 e. The second kappa shape index (κ2) is 6.70. The monoisotopic (exact) mass is 346 g/mol. The lowest BCUT2D eigenvalue weighted by atomic mass is 10.1. The molecule has 6 heteroatoms. The Balaban J connectivity index is 2.27. The molecule has 1 unspecified atom stereocenters. The molecule has 0 saturated carbocycles. The number of rotatable bonds is 3. The number of hydrogen-bond donors (Lipinski definition) is 2. The van der Waals surface area contributed by atoms with E-state index in [1.807, 2.05) is 11.0 Å². The van der Waals surface area contributed by atoms with Gasteiger partial charge in [-0.3, -0.25) is 9.69 Å². The van der Waals surface area contributed by atoms with Crippen LogP contribution in [-0.4, -0.2) is 42.2 Å². The molecule has 1 aliphatic rings. The molecule has 0 aromatic heterocycles. The van der Waals surface area contributed by atoms with Crippen molar-refractivity contribution in [2.24, 2.45) is 0 Å². The van der Waals surface area contributed by atoms with Crippen LogP contribution in [0.5, 0.6) is 0 Å². The fourth-order valence-electron chi connectivity index (χ4n) is 2.32. The third-order valence-corrected chi connectivity index (χ3v) is 4.47. The van der Waals surface area contributed by atoms with Crippen molar-refractivity contribution in [1.29, 1.82) is 0 Å². The second-order valence-electron chi connectivity index (χ2n) is 4.55. The van der Waals surface area contributed by atoms with Gasteiger partial charge >= 0.3 is 5.97 Å². The molecule has 1 atom stereocenters. The van der Waals surface area contributed by atoms with E-state index in [0.29, 0.717) is 5.02 Å². The predicted octanol–water partition coefficient (Wildman–Crippen LogP) is 2.52. The molecule has 0 spiro atoms. The van der Waals surface area contributed by atoms with Crippen LogP contribution in [0.15, 0.2) is 22.7 Å². The number of benzene rings is 1. The SMILES string of the molecule is O=C(O)C(c1ccc(Br)c(Cl)c1)N1CCCNCC1. The summed E-state index contributed by atoms with van der Waals surface area (Å²) in [5.74, 6) is -0.833. The first-order chi connectivity index (χ1) is 9.09. The highest BCUT2D eigenvalue weighted by Crippen LogP contribution is 2.29. The highest BCUT2D eigenvalue weighted by molar-refractivity contribution is 9.10. The van der Waals surface area contributed by atoms with Gasteiger partial charge in [0.05, 0.1) is 5.02 Å². The molecule has 0 radical (unpaired) electrons. The van der Waals surface area contributed by atoms with E-state index in [1.54, 1.807) is 12.1 Å². The Kier molecular flexibility index (Phi) is 5.21. The van der Waals surface area contributed by atoms with Crippen molar-refractivity contribution in [2.75, 3.05) is 26.2 Å². The summed E-state index contributed by atoms with van der Waals surface area (Å²) >= 11 is 9.38. The molecule has 2 rings (SSSR count). The number of halogens is 2. The van der Waals surface area contributed by atoms with E-state index in [-0.39, 0.29) is 0 Å². The summed E-state index contributed by atoms with van der Waals surface area (Å²) in [6.07, 6.45) is 0.952. The Hall–Kier alpha value is -0.620. The topological polar surface area (TPSA) is 52.6 Å². The maximum atomic E-state index is 11.6. The number of carbonyl (C=O) groups is 1. The molecule has 104 valence electrons. The van der Waals surface area contributed by atoms with Crippen LogP contribution in [0, 0.1) is 0 Å². The smallest absolute Gasteiger partial charge is 0.325 e. The Bertz CT molecular complexity index is 462. The van der Waals surface area contributed by atoms with Crippen LogP contribution < -0.4 is 5.32 Å². The maximum Gasteiger partial charge on any atom is 0.325 e. The zero-order valence-electron chi connectivity index (χ0n) is 10.4. The summed E-state index contributed by atoms with van der Waals surface area (Å²) in [7, 11) is 0. The minimum Gasteiger partial charge on any atom is -0.480 e. The van der Waals surface area contributed by atoms with Crippen molar-refractivity contribution >= 4 is 33.5 Å². The molecule has 0 bridgehead atoms. The van der Waals surface area contributed by atoms with Crippen molar-refractivity contribution in [3.63, 3.8) is 0 Å². The number of aliphatic carboxylic acids is 1. The second-order valence-corrected chi connectivity index (χ2v) is 5.82. The Morgan fingerprint density at radius 1 is 1.42 bits per heavy atom. The number of carboxylic acids is 1. The van der Waals surface area contributed by atoms with E-state index in [1.165, 1.54) is 0 Å². The molecule has 1 heterocycles. The van der Waals surface area contributed by atoms with Gasteiger partial charge in [-0.05, 0) is 46.6 Å². The molecule has 1 saturated heterocycles. The van der Waals surface area contributed by atoms with Crippen LogP contribution in [0.1, 0.15) is 18.0 Å². The van der Waals surface area contributed by atoms with Crippen LogP contribution in [0.3, 0.4) is 0 Å². The van der Waals surface area contributed by atoms with Crippen LogP contribution >= 0.6 is 27.5 Å². The van der Waals surface area contributed by atoms with E-state index in [0.717, 1.165) is 42.6 Å². The Labute approximate surface area is 125 Å². The molecule has 0 amide bonds. The lowest BCUT2D eigenvalue weighted by Crippen LogP contribution is -2.36. The molecule has 1 aromatic rings. The lowest BCUT2D eigenvalue weighted by Gasteiger charge is -2.27. The zero-order chi connectivity index (χ0) is 13.8. The van der Waals surface area contributed by atoms with E-state index in [2.05, 4.69) is 21.2 Å². The van der Waals surface area contributed by atoms with Crippen LogP contribution in [-0.2, 0) is 4.79 Å². The van der Waals surface area contributed by atoms with Gasteiger partial charge in [0.2, 0.25) is 0 Å². The quantitative estimate of drug-likeness (QED) is 0.882. The van der Waals surface area contributed by atoms with Crippen molar-refractivity contribution in [1.82, 2.24) is 10.2 Å². The van der Waals surface area contributed by atoms with Crippen LogP contribution in [0.25, 0.3) is 0 Å². The van der Waals surface area contributed by atoms with Crippen molar-refractivity contribution in [3.8, 4) is 0 Å². The van der Waals surface area contributed by atoms with Crippen LogP contribution in [0.2, 0.25) is 5.02 Å². The zero-order valence-corrected chi connectivity index (χ0v) is 12.7. The standard InChI is InChI=1S/C13H16BrClN2O2/c14-10-3-2-9(8-11(10)15)12(13(18)19)17-6-1-4-16-5-7-17/h2-3,8,12,16H,1,4-7H2,(H,18,19). The van der Waals surface area contributed by atoms with E-state index in [4.69, 9.17) is 11.6 Å². The fraction of sp³-hybridized carbons (Fsp3) is 0.462. The van der Waals surface area contributed by atoms with Gasteiger partial charge in [-0.2, -0.15) is 0 Å². The summed E-state index contributed by atoms with van der Waals surface area (Å²) < 4.78 is 0.777. The number of carboxylic acid groups (broad SMARTS) is 1. The fourth-order valence-corrected chi connectivity index (χ4v) is 2.75. The van der Waals surface area contributed by atoms with Gasteiger partial charge in [0.1, 0.15) is 6.04 Å². The van der Waals surface area contributed by atoms with Crippen LogP contribution in [0.4, 0.5) is 0 Å².